The SMILES string of the molecule is Cc1ccc(C)c(C(=O)CN2CCCC3CCCC32)c1. The lowest BCUT2D eigenvalue weighted by molar-refractivity contribution is 0.0776. The summed E-state index contributed by atoms with van der Waals surface area (Å²) in [5.74, 6) is 1.16. The van der Waals surface area contributed by atoms with E-state index in [0.29, 0.717) is 18.4 Å². The molecule has 0 radical (unpaired) electrons. The van der Waals surface area contributed by atoms with Gasteiger partial charge in [-0.2, -0.15) is 0 Å². The van der Waals surface area contributed by atoms with Crippen molar-refractivity contribution >= 4 is 5.78 Å². The number of piperidine rings is 1. The number of hydrogen-bond acceptors (Lipinski definition) is 2. The summed E-state index contributed by atoms with van der Waals surface area (Å²) in [6, 6.07) is 6.88. The van der Waals surface area contributed by atoms with Crippen LogP contribution in [0, 0.1) is 19.8 Å². The van der Waals surface area contributed by atoms with E-state index >= 15 is 0 Å². The molecule has 20 heavy (non-hydrogen) atoms. The van der Waals surface area contributed by atoms with Crippen LogP contribution in [0.5, 0.6) is 0 Å². The molecule has 108 valence electrons. The van der Waals surface area contributed by atoms with Crippen LogP contribution >= 0.6 is 0 Å². The fourth-order valence-corrected chi connectivity index (χ4v) is 4.06. The Labute approximate surface area is 122 Å². The number of rotatable bonds is 3. The number of fused-ring (bicyclic) bond motifs is 1. The van der Waals surface area contributed by atoms with Crippen LogP contribution in [-0.2, 0) is 0 Å². The molecule has 3 rings (SSSR count). The summed E-state index contributed by atoms with van der Waals surface area (Å²) in [6.45, 7) is 5.83. The Bertz CT molecular complexity index is 508. The Kier molecular flexibility index (Phi) is 3.93. The summed E-state index contributed by atoms with van der Waals surface area (Å²) in [5, 5.41) is 0. The van der Waals surface area contributed by atoms with Crippen LogP contribution in [0.25, 0.3) is 0 Å². The van der Waals surface area contributed by atoms with Crippen molar-refractivity contribution in [1.82, 2.24) is 4.90 Å². The van der Waals surface area contributed by atoms with Gasteiger partial charge in [0.05, 0.1) is 6.54 Å². The first-order chi connectivity index (χ1) is 9.65. The third kappa shape index (κ3) is 2.67. The summed E-state index contributed by atoms with van der Waals surface area (Å²) in [4.78, 5) is 15.1. The van der Waals surface area contributed by atoms with E-state index in [1.807, 2.05) is 13.0 Å². The molecule has 1 saturated heterocycles. The number of carbonyl (C=O) groups excluding carboxylic acids is 1. The predicted molar refractivity (Wildman–Crippen MR) is 82.2 cm³/mol. The van der Waals surface area contributed by atoms with Gasteiger partial charge in [-0.25, -0.2) is 0 Å². The molecule has 2 atom stereocenters. The van der Waals surface area contributed by atoms with Gasteiger partial charge in [-0.05, 0) is 63.6 Å². The highest BCUT2D eigenvalue weighted by Gasteiger charge is 2.35. The van der Waals surface area contributed by atoms with Crippen molar-refractivity contribution in [3.63, 3.8) is 0 Å². The highest BCUT2D eigenvalue weighted by Crippen LogP contribution is 2.36. The number of aryl methyl sites for hydroxylation is 2. The maximum Gasteiger partial charge on any atom is 0.177 e. The Morgan fingerprint density at radius 3 is 2.85 bits per heavy atom. The summed E-state index contributed by atoms with van der Waals surface area (Å²) in [6.07, 6.45) is 6.66. The zero-order chi connectivity index (χ0) is 14.1. The van der Waals surface area contributed by atoms with Gasteiger partial charge in [-0.3, -0.25) is 9.69 Å². The van der Waals surface area contributed by atoms with E-state index in [0.717, 1.165) is 23.6 Å². The average molecular weight is 271 g/mol. The van der Waals surface area contributed by atoms with Gasteiger partial charge in [0.2, 0.25) is 0 Å². The minimum atomic E-state index is 0.304. The molecule has 0 aromatic heterocycles. The van der Waals surface area contributed by atoms with Crippen LogP contribution in [0.2, 0.25) is 0 Å². The largest absolute Gasteiger partial charge is 0.293 e. The second kappa shape index (κ2) is 5.69. The van der Waals surface area contributed by atoms with Crippen LogP contribution in [0.15, 0.2) is 18.2 Å². The quantitative estimate of drug-likeness (QED) is 0.780. The lowest BCUT2D eigenvalue weighted by Gasteiger charge is -2.37. The predicted octanol–water partition coefficient (Wildman–Crippen LogP) is 3.75. The summed E-state index contributed by atoms with van der Waals surface area (Å²) >= 11 is 0. The molecular formula is C18H25NO. The van der Waals surface area contributed by atoms with Crippen LogP contribution in [0.1, 0.15) is 53.6 Å². The number of hydrogen-bond donors (Lipinski definition) is 0. The van der Waals surface area contributed by atoms with Gasteiger partial charge in [0.25, 0.3) is 0 Å². The smallest absolute Gasteiger partial charge is 0.177 e. The van der Waals surface area contributed by atoms with Crippen molar-refractivity contribution in [3.8, 4) is 0 Å². The molecule has 1 aliphatic carbocycles. The summed E-state index contributed by atoms with van der Waals surface area (Å²) < 4.78 is 0. The molecule has 0 bridgehead atoms. The zero-order valence-electron chi connectivity index (χ0n) is 12.7. The third-order valence-electron chi connectivity index (χ3n) is 5.15. The summed E-state index contributed by atoms with van der Waals surface area (Å²) in [5.41, 5.74) is 3.21. The van der Waals surface area contributed by atoms with E-state index in [1.165, 1.54) is 37.7 Å². The first-order valence-corrected chi connectivity index (χ1v) is 7.99. The van der Waals surface area contributed by atoms with Gasteiger partial charge in [-0.1, -0.05) is 24.1 Å². The number of ketones is 1. The van der Waals surface area contributed by atoms with Crippen LogP contribution in [0.3, 0.4) is 0 Å². The fraction of sp³-hybridized carbons (Fsp3) is 0.611. The van der Waals surface area contributed by atoms with E-state index in [2.05, 4.69) is 24.0 Å². The Hall–Kier alpha value is -1.15. The molecule has 2 nitrogen and oxygen atoms in total. The van der Waals surface area contributed by atoms with E-state index in [1.54, 1.807) is 0 Å². The van der Waals surface area contributed by atoms with Crippen molar-refractivity contribution in [2.24, 2.45) is 5.92 Å². The molecule has 1 aromatic rings. The zero-order valence-corrected chi connectivity index (χ0v) is 12.7. The average Bonchev–Trinajstić information content (AvgIpc) is 2.91. The molecule has 1 aliphatic heterocycles. The van der Waals surface area contributed by atoms with E-state index < -0.39 is 0 Å². The number of nitrogens with zero attached hydrogens (tertiary/aromatic N) is 1. The highest BCUT2D eigenvalue weighted by atomic mass is 16.1. The van der Waals surface area contributed by atoms with Crippen molar-refractivity contribution in [2.75, 3.05) is 13.1 Å². The van der Waals surface area contributed by atoms with Gasteiger partial charge in [-0.15, -0.1) is 0 Å². The molecular weight excluding hydrogens is 246 g/mol. The minimum absolute atomic E-state index is 0.304. The van der Waals surface area contributed by atoms with Crippen molar-refractivity contribution < 1.29 is 4.79 Å². The Balaban J connectivity index is 1.73. The van der Waals surface area contributed by atoms with E-state index in [9.17, 15) is 4.79 Å². The molecule has 2 aliphatic rings. The van der Waals surface area contributed by atoms with Crippen LogP contribution in [-0.4, -0.2) is 29.8 Å². The number of Topliss-reactive ketones (excluding diaryl/α,β-unsaturated/α-hetero) is 1. The monoisotopic (exact) mass is 271 g/mol. The molecule has 1 aromatic carbocycles. The molecule has 2 unspecified atom stereocenters. The second-order valence-electron chi connectivity index (χ2n) is 6.61. The van der Waals surface area contributed by atoms with Crippen LogP contribution in [0.4, 0.5) is 0 Å². The van der Waals surface area contributed by atoms with Crippen molar-refractivity contribution in [3.05, 3.63) is 34.9 Å². The highest BCUT2D eigenvalue weighted by molar-refractivity contribution is 5.99. The molecule has 0 amide bonds. The molecule has 1 heterocycles. The van der Waals surface area contributed by atoms with Crippen molar-refractivity contribution in [1.29, 1.82) is 0 Å². The van der Waals surface area contributed by atoms with Crippen LogP contribution < -0.4 is 0 Å². The van der Waals surface area contributed by atoms with Crippen molar-refractivity contribution in [2.45, 2.75) is 52.0 Å². The normalized spacial score (nSPS) is 26.5. The molecule has 0 spiro atoms. The van der Waals surface area contributed by atoms with Gasteiger partial charge in [0.15, 0.2) is 5.78 Å². The Morgan fingerprint density at radius 2 is 2.00 bits per heavy atom. The number of likely N-dealkylation sites (tertiary alicyclic amines) is 1. The minimum Gasteiger partial charge on any atom is -0.293 e. The lowest BCUT2D eigenvalue weighted by atomic mass is 9.91. The molecule has 1 saturated carbocycles. The first kappa shape index (κ1) is 13.8. The molecule has 0 N–H and O–H groups in total. The second-order valence-corrected chi connectivity index (χ2v) is 6.61. The fourth-order valence-electron chi connectivity index (χ4n) is 4.06. The first-order valence-electron chi connectivity index (χ1n) is 7.99. The Morgan fingerprint density at radius 1 is 1.20 bits per heavy atom. The summed E-state index contributed by atoms with van der Waals surface area (Å²) in [7, 11) is 0. The number of carbonyl (C=O) groups is 1. The lowest BCUT2D eigenvalue weighted by Crippen LogP contribution is -2.45. The maximum atomic E-state index is 12.6. The topological polar surface area (TPSA) is 20.3 Å². The number of benzene rings is 1. The maximum absolute atomic E-state index is 12.6. The molecule has 2 heteroatoms. The van der Waals surface area contributed by atoms with E-state index in [-0.39, 0.29) is 0 Å². The standard InChI is InChI=1S/C18H25NO/c1-13-8-9-14(2)16(11-13)18(20)12-19-10-4-6-15-5-3-7-17(15)19/h8-9,11,15,17H,3-7,10,12H2,1-2H3. The van der Waals surface area contributed by atoms with Gasteiger partial charge in [0.1, 0.15) is 0 Å². The van der Waals surface area contributed by atoms with Gasteiger partial charge >= 0.3 is 0 Å². The van der Waals surface area contributed by atoms with Gasteiger partial charge in [0, 0.05) is 11.6 Å². The third-order valence-corrected chi connectivity index (χ3v) is 5.15. The van der Waals surface area contributed by atoms with Gasteiger partial charge < -0.3 is 0 Å². The van der Waals surface area contributed by atoms with E-state index in [4.69, 9.17) is 0 Å². The molecule has 2 fully saturated rings.